The second-order valence-corrected chi connectivity index (χ2v) is 6.21. The third-order valence-corrected chi connectivity index (χ3v) is 4.38. The van der Waals surface area contributed by atoms with E-state index in [1.807, 2.05) is 0 Å². The first-order valence-corrected chi connectivity index (χ1v) is 7.84. The maximum atomic E-state index is 12.5. The van der Waals surface area contributed by atoms with Gasteiger partial charge in [0.1, 0.15) is 10.0 Å². The Kier molecular flexibility index (Phi) is 4.39. The van der Waals surface area contributed by atoms with Gasteiger partial charge in [-0.2, -0.15) is 13.2 Å². The number of likely N-dealkylation sites (tertiary alicyclic amines) is 1. The minimum atomic E-state index is -4.86. The van der Waals surface area contributed by atoms with Gasteiger partial charge in [-0.1, -0.05) is 12.1 Å². The molecule has 8 heteroatoms. The molecule has 0 bridgehead atoms. The van der Waals surface area contributed by atoms with Crippen molar-refractivity contribution in [3.63, 3.8) is 0 Å². The van der Waals surface area contributed by atoms with E-state index >= 15 is 0 Å². The number of carbonyl (C=O) groups is 1. The van der Waals surface area contributed by atoms with Crippen molar-refractivity contribution in [1.29, 1.82) is 0 Å². The average Bonchev–Trinajstić information content (AvgIpc) is 2.85. The van der Waals surface area contributed by atoms with E-state index in [0.717, 1.165) is 4.90 Å². The van der Waals surface area contributed by atoms with Crippen molar-refractivity contribution in [1.82, 2.24) is 4.90 Å². The standard InChI is InChI=1S/C12H11ClF3NO2S/c13-20(19)9-5-3-8(4-6-9)10-2-1-7-17(10)11(18)12(14,15)16/h3-6,10H,1-2,7H2. The van der Waals surface area contributed by atoms with Crippen LogP contribution in [0, 0.1) is 0 Å². The Morgan fingerprint density at radius 2 is 1.90 bits per heavy atom. The molecule has 3 nitrogen and oxygen atoms in total. The van der Waals surface area contributed by atoms with Crippen LogP contribution >= 0.6 is 10.7 Å². The number of amides is 1. The fraction of sp³-hybridized carbons (Fsp3) is 0.417. The minimum absolute atomic E-state index is 0.0895. The van der Waals surface area contributed by atoms with Gasteiger partial charge in [-0.3, -0.25) is 4.79 Å². The highest BCUT2D eigenvalue weighted by Crippen LogP contribution is 2.35. The Balaban J connectivity index is 2.23. The van der Waals surface area contributed by atoms with Crippen LogP contribution in [0.25, 0.3) is 0 Å². The van der Waals surface area contributed by atoms with Crippen molar-refractivity contribution >= 4 is 26.6 Å². The van der Waals surface area contributed by atoms with E-state index in [0.29, 0.717) is 23.3 Å². The van der Waals surface area contributed by atoms with Crippen molar-refractivity contribution in [2.24, 2.45) is 0 Å². The van der Waals surface area contributed by atoms with Gasteiger partial charge in [0.2, 0.25) is 0 Å². The van der Waals surface area contributed by atoms with Crippen LogP contribution in [-0.2, 0) is 14.8 Å². The monoisotopic (exact) mass is 325 g/mol. The Bertz CT molecular complexity index is 532. The van der Waals surface area contributed by atoms with E-state index in [4.69, 9.17) is 10.7 Å². The molecule has 0 N–H and O–H groups in total. The highest BCUT2D eigenvalue weighted by Gasteiger charge is 2.46. The first-order valence-electron chi connectivity index (χ1n) is 5.86. The lowest BCUT2D eigenvalue weighted by molar-refractivity contribution is -0.186. The molecule has 0 saturated carbocycles. The molecule has 1 heterocycles. The van der Waals surface area contributed by atoms with Gasteiger partial charge in [0.15, 0.2) is 0 Å². The molecule has 0 radical (unpaired) electrons. The van der Waals surface area contributed by atoms with Crippen LogP contribution in [-0.4, -0.2) is 27.7 Å². The highest BCUT2D eigenvalue weighted by atomic mass is 35.7. The Hall–Kier alpha value is -1.08. The van der Waals surface area contributed by atoms with Gasteiger partial charge in [0.05, 0.1) is 10.9 Å². The van der Waals surface area contributed by atoms with Crippen molar-refractivity contribution in [2.75, 3.05) is 6.54 Å². The summed E-state index contributed by atoms with van der Waals surface area (Å²) in [5.74, 6) is -1.81. The zero-order chi connectivity index (χ0) is 14.9. The quantitative estimate of drug-likeness (QED) is 0.783. The predicted molar refractivity (Wildman–Crippen MR) is 68.4 cm³/mol. The van der Waals surface area contributed by atoms with Crippen molar-refractivity contribution in [3.05, 3.63) is 29.8 Å². The van der Waals surface area contributed by atoms with Gasteiger partial charge in [-0.15, -0.1) is 0 Å². The molecule has 1 aliphatic rings. The number of carbonyl (C=O) groups excluding carboxylic acids is 1. The van der Waals surface area contributed by atoms with Gasteiger partial charge >= 0.3 is 12.1 Å². The lowest BCUT2D eigenvalue weighted by Crippen LogP contribution is -2.40. The smallest absolute Gasteiger partial charge is 0.328 e. The maximum absolute atomic E-state index is 12.5. The summed E-state index contributed by atoms with van der Waals surface area (Å²) in [4.78, 5) is 12.6. The number of halogens is 4. The largest absolute Gasteiger partial charge is 0.471 e. The van der Waals surface area contributed by atoms with E-state index in [-0.39, 0.29) is 6.54 Å². The van der Waals surface area contributed by atoms with Gasteiger partial charge in [-0.25, -0.2) is 4.21 Å². The van der Waals surface area contributed by atoms with Gasteiger partial charge in [0.25, 0.3) is 0 Å². The summed E-state index contributed by atoms with van der Waals surface area (Å²) in [5.41, 5.74) is 0.589. The summed E-state index contributed by atoms with van der Waals surface area (Å²) in [6, 6.07) is 5.51. The summed E-state index contributed by atoms with van der Waals surface area (Å²) < 4.78 is 48.6. The van der Waals surface area contributed by atoms with Gasteiger partial charge in [-0.05, 0) is 41.2 Å². The predicted octanol–water partition coefficient (Wildman–Crippen LogP) is 3.17. The second kappa shape index (κ2) is 5.73. The molecule has 2 atom stereocenters. The normalized spacial score (nSPS) is 21.0. The first kappa shape index (κ1) is 15.3. The molecule has 1 aromatic carbocycles. The molecule has 2 unspecified atom stereocenters. The third-order valence-electron chi connectivity index (χ3n) is 3.21. The van der Waals surface area contributed by atoms with E-state index in [9.17, 15) is 22.2 Å². The molecule has 1 amide bonds. The molecule has 1 aromatic rings. The first-order chi connectivity index (χ1) is 9.30. The van der Waals surface area contributed by atoms with Crippen LogP contribution < -0.4 is 0 Å². The molecule has 0 aliphatic carbocycles. The van der Waals surface area contributed by atoms with Crippen LogP contribution in [0.1, 0.15) is 24.4 Å². The summed E-state index contributed by atoms with van der Waals surface area (Å²) in [7, 11) is 3.75. The van der Waals surface area contributed by atoms with Crippen molar-refractivity contribution in [3.8, 4) is 0 Å². The topological polar surface area (TPSA) is 37.4 Å². The van der Waals surface area contributed by atoms with E-state index < -0.39 is 28.1 Å². The van der Waals surface area contributed by atoms with Crippen LogP contribution in [0.4, 0.5) is 13.2 Å². The van der Waals surface area contributed by atoms with E-state index in [1.165, 1.54) is 12.1 Å². The second-order valence-electron chi connectivity index (χ2n) is 4.45. The fourth-order valence-corrected chi connectivity index (χ4v) is 2.97. The SMILES string of the molecule is O=C(N1CCCC1c1ccc(S(=O)Cl)cc1)C(F)(F)F. The Morgan fingerprint density at radius 3 is 2.40 bits per heavy atom. The number of hydrogen-bond donors (Lipinski definition) is 0. The average molecular weight is 326 g/mol. The van der Waals surface area contributed by atoms with Crippen LogP contribution in [0.2, 0.25) is 0 Å². The van der Waals surface area contributed by atoms with Crippen LogP contribution in [0.5, 0.6) is 0 Å². The van der Waals surface area contributed by atoms with Crippen LogP contribution in [0.3, 0.4) is 0 Å². The lowest BCUT2D eigenvalue weighted by atomic mass is 10.0. The number of hydrogen-bond acceptors (Lipinski definition) is 2. The van der Waals surface area contributed by atoms with E-state index in [1.54, 1.807) is 12.1 Å². The minimum Gasteiger partial charge on any atom is -0.328 e. The molecule has 110 valence electrons. The maximum Gasteiger partial charge on any atom is 0.471 e. The molecule has 1 aliphatic heterocycles. The Labute approximate surface area is 120 Å². The molecule has 1 saturated heterocycles. The molecular formula is C12H11ClF3NO2S. The summed E-state index contributed by atoms with van der Waals surface area (Å²) in [6.07, 6.45) is -3.86. The van der Waals surface area contributed by atoms with Gasteiger partial charge in [0, 0.05) is 6.54 Å². The van der Waals surface area contributed by atoms with Crippen molar-refractivity contribution < 1.29 is 22.2 Å². The summed E-state index contributed by atoms with van der Waals surface area (Å²) in [6.45, 7) is 0.0895. The lowest BCUT2D eigenvalue weighted by Gasteiger charge is -2.26. The molecule has 0 aromatic heterocycles. The molecule has 0 spiro atoms. The number of rotatable bonds is 2. The molecule has 20 heavy (non-hydrogen) atoms. The fourth-order valence-electron chi connectivity index (χ4n) is 2.32. The highest BCUT2D eigenvalue weighted by molar-refractivity contribution is 8.08. The van der Waals surface area contributed by atoms with Crippen LogP contribution in [0.15, 0.2) is 29.2 Å². The Morgan fingerprint density at radius 1 is 1.30 bits per heavy atom. The molecule has 1 fully saturated rings. The zero-order valence-corrected chi connectivity index (χ0v) is 11.8. The van der Waals surface area contributed by atoms with E-state index in [2.05, 4.69) is 0 Å². The molecule has 2 rings (SSSR count). The van der Waals surface area contributed by atoms with Crippen molar-refractivity contribution in [2.45, 2.75) is 30.0 Å². The number of nitrogens with zero attached hydrogens (tertiary/aromatic N) is 1. The van der Waals surface area contributed by atoms with Gasteiger partial charge < -0.3 is 4.90 Å². The number of benzene rings is 1. The summed E-state index contributed by atoms with van der Waals surface area (Å²) >= 11 is 0. The third kappa shape index (κ3) is 3.15. The zero-order valence-electron chi connectivity index (χ0n) is 10.2. The summed E-state index contributed by atoms with van der Waals surface area (Å²) in [5, 5.41) is 0. The number of alkyl halides is 3. The molecular weight excluding hydrogens is 315 g/mol.